The monoisotopic (exact) mass is 380 g/mol. The lowest BCUT2D eigenvalue weighted by atomic mass is 10.3. The van der Waals surface area contributed by atoms with Gasteiger partial charge in [0.15, 0.2) is 5.65 Å². The summed E-state index contributed by atoms with van der Waals surface area (Å²) in [7, 11) is -4.06. The molecular weight excluding hydrogens is 372 g/mol. The number of hydrogen-bond acceptors (Lipinski definition) is 4. The molecule has 8 heteroatoms. The van der Waals surface area contributed by atoms with E-state index in [0.29, 0.717) is 9.86 Å². The Bertz CT molecular complexity index is 981. The van der Waals surface area contributed by atoms with Crippen molar-refractivity contribution in [3.05, 3.63) is 58.8 Å². The van der Waals surface area contributed by atoms with E-state index in [4.69, 9.17) is 0 Å². The summed E-state index contributed by atoms with van der Waals surface area (Å²) < 4.78 is 26.9. The first kappa shape index (κ1) is 14.7. The van der Waals surface area contributed by atoms with Crippen LogP contribution in [0.2, 0.25) is 0 Å². The van der Waals surface area contributed by atoms with Crippen molar-refractivity contribution >= 4 is 43.0 Å². The molecule has 1 aromatic carbocycles. The van der Waals surface area contributed by atoms with Gasteiger partial charge in [0.1, 0.15) is 5.69 Å². The van der Waals surface area contributed by atoms with E-state index in [1.54, 1.807) is 24.3 Å². The number of carboxylic acid groups (broad SMARTS) is 1. The van der Waals surface area contributed by atoms with Gasteiger partial charge in [-0.05, 0) is 40.2 Å². The third-order valence-corrected chi connectivity index (χ3v) is 5.52. The van der Waals surface area contributed by atoms with Crippen LogP contribution >= 0.6 is 15.9 Å². The molecule has 0 fully saturated rings. The molecule has 1 N–H and O–H groups in total. The molecule has 0 atom stereocenters. The molecule has 3 rings (SSSR count). The molecule has 0 saturated carbocycles. The zero-order valence-corrected chi connectivity index (χ0v) is 13.4. The molecule has 0 saturated heterocycles. The molecule has 0 spiro atoms. The molecule has 0 amide bonds. The van der Waals surface area contributed by atoms with Crippen LogP contribution in [0, 0.1) is 0 Å². The van der Waals surface area contributed by atoms with Crippen LogP contribution < -0.4 is 0 Å². The zero-order valence-electron chi connectivity index (χ0n) is 11.0. The number of benzene rings is 1. The summed E-state index contributed by atoms with van der Waals surface area (Å²) in [4.78, 5) is 15.5. The number of halogens is 1. The fraction of sp³-hybridized carbons (Fsp3) is 0. The number of carbonyl (C=O) groups is 1. The number of aromatic nitrogens is 2. The second-order valence-electron chi connectivity index (χ2n) is 4.45. The summed E-state index contributed by atoms with van der Waals surface area (Å²) >= 11 is 3.28. The predicted octanol–water partition coefficient (Wildman–Crippen LogP) is 2.73. The van der Waals surface area contributed by atoms with Gasteiger partial charge in [-0.25, -0.2) is 22.2 Å². The van der Waals surface area contributed by atoms with E-state index in [0.717, 1.165) is 3.97 Å². The van der Waals surface area contributed by atoms with Crippen molar-refractivity contribution in [2.75, 3.05) is 0 Å². The van der Waals surface area contributed by atoms with Crippen molar-refractivity contribution < 1.29 is 18.3 Å². The molecule has 0 aliphatic rings. The van der Waals surface area contributed by atoms with Gasteiger partial charge in [-0.2, -0.15) is 0 Å². The van der Waals surface area contributed by atoms with Crippen molar-refractivity contribution in [2.45, 2.75) is 4.90 Å². The molecule has 0 radical (unpaired) electrons. The van der Waals surface area contributed by atoms with Gasteiger partial charge in [-0.1, -0.05) is 18.2 Å². The summed E-state index contributed by atoms with van der Waals surface area (Å²) in [5.74, 6) is -1.34. The minimum Gasteiger partial charge on any atom is -0.477 e. The molecular formula is C14H9BrN2O4S. The first-order chi connectivity index (χ1) is 10.4. The second kappa shape index (κ2) is 5.22. The summed E-state index contributed by atoms with van der Waals surface area (Å²) in [5, 5.41) is 9.76. The van der Waals surface area contributed by atoms with Gasteiger partial charge in [-0.3, -0.25) is 0 Å². The standard InChI is InChI=1S/C14H9BrN2O4S/c15-11-6-7-16-13-10(11)8-12(14(18)19)17(13)22(20,21)9-4-2-1-3-5-9/h1-8H,(H,18,19). The van der Waals surface area contributed by atoms with E-state index < -0.39 is 16.0 Å². The van der Waals surface area contributed by atoms with Crippen LogP contribution in [0.1, 0.15) is 10.5 Å². The molecule has 3 aromatic rings. The predicted molar refractivity (Wildman–Crippen MR) is 83.4 cm³/mol. The lowest BCUT2D eigenvalue weighted by molar-refractivity contribution is 0.0689. The van der Waals surface area contributed by atoms with Crippen molar-refractivity contribution in [1.82, 2.24) is 8.96 Å². The Labute approximate surface area is 134 Å². The van der Waals surface area contributed by atoms with Crippen LogP contribution in [0.15, 0.2) is 58.0 Å². The maximum Gasteiger partial charge on any atom is 0.353 e. The van der Waals surface area contributed by atoms with Crippen LogP contribution in [0.4, 0.5) is 0 Å². The van der Waals surface area contributed by atoms with E-state index in [2.05, 4.69) is 20.9 Å². The van der Waals surface area contributed by atoms with E-state index in [9.17, 15) is 18.3 Å². The smallest absolute Gasteiger partial charge is 0.353 e. The first-order valence-corrected chi connectivity index (χ1v) is 8.36. The molecule has 0 aliphatic carbocycles. The molecule has 2 heterocycles. The van der Waals surface area contributed by atoms with E-state index in [1.165, 1.54) is 24.4 Å². The number of carboxylic acids is 1. The summed E-state index contributed by atoms with van der Waals surface area (Å²) in [5.41, 5.74) is -0.297. The van der Waals surface area contributed by atoms with Gasteiger partial charge < -0.3 is 5.11 Å². The molecule has 0 bridgehead atoms. The summed E-state index contributed by atoms with van der Waals surface area (Å²) in [6.45, 7) is 0. The number of pyridine rings is 1. The number of aromatic carboxylic acids is 1. The maximum atomic E-state index is 12.8. The highest BCUT2D eigenvalue weighted by Crippen LogP contribution is 2.29. The number of rotatable bonds is 3. The Morgan fingerprint density at radius 3 is 2.50 bits per heavy atom. The third-order valence-electron chi connectivity index (χ3n) is 3.11. The SMILES string of the molecule is O=C(O)c1cc2c(Br)ccnc2n1S(=O)(=O)c1ccccc1. The van der Waals surface area contributed by atoms with Crippen molar-refractivity contribution in [3.8, 4) is 0 Å². The van der Waals surface area contributed by atoms with Gasteiger partial charge in [-0.15, -0.1) is 0 Å². The quantitative estimate of drug-likeness (QED) is 0.754. The molecule has 22 heavy (non-hydrogen) atoms. The lowest BCUT2D eigenvalue weighted by Gasteiger charge is -2.09. The van der Waals surface area contributed by atoms with E-state index in [-0.39, 0.29) is 16.2 Å². The topological polar surface area (TPSA) is 89.3 Å². The van der Waals surface area contributed by atoms with Crippen LogP contribution in [-0.4, -0.2) is 28.5 Å². The van der Waals surface area contributed by atoms with Crippen molar-refractivity contribution in [2.24, 2.45) is 0 Å². The maximum absolute atomic E-state index is 12.8. The van der Waals surface area contributed by atoms with Crippen LogP contribution in [0.25, 0.3) is 11.0 Å². The van der Waals surface area contributed by atoms with E-state index in [1.807, 2.05) is 0 Å². The molecule has 6 nitrogen and oxygen atoms in total. The van der Waals surface area contributed by atoms with Gasteiger partial charge in [0.2, 0.25) is 0 Å². The van der Waals surface area contributed by atoms with Gasteiger partial charge in [0.05, 0.1) is 4.90 Å². The highest BCUT2D eigenvalue weighted by Gasteiger charge is 2.27. The Hall–Kier alpha value is -2.19. The average molecular weight is 381 g/mol. The van der Waals surface area contributed by atoms with Gasteiger partial charge >= 0.3 is 5.97 Å². The highest BCUT2D eigenvalue weighted by atomic mass is 79.9. The zero-order chi connectivity index (χ0) is 15.9. The lowest BCUT2D eigenvalue weighted by Crippen LogP contribution is -2.18. The van der Waals surface area contributed by atoms with Crippen LogP contribution in [0.3, 0.4) is 0 Å². The Kier molecular flexibility index (Phi) is 3.50. The average Bonchev–Trinajstić information content (AvgIpc) is 2.90. The van der Waals surface area contributed by atoms with Gasteiger partial charge in [0.25, 0.3) is 10.0 Å². The van der Waals surface area contributed by atoms with Crippen LogP contribution in [0.5, 0.6) is 0 Å². The largest absolute Gasteiger partial charge is 0.477 e. The highest BCUT2D eigenvalue weighted by molar-refractivity contribution is 9.10. The normalized spacial score (nSPS) is 11.7. The number of hydrogen-bond donors (Lipinski definition) is 1. The first-order valence-electron chi connectivity index (χ1n) is 6.13. The summed E-state index contributed by atoms with van der Waals surface area (Å²) in [6, 6.07) is 10.5. The third kappa shape index (κ3) is 2.20. The number of nitrogens with zero attached hydrogens (tertiary/aromatic N) is 2. The fourth-order valence-electron chi connectivity index (χ4n) is 2.13. The Morgan fingerprint density at radius 1 is 1.18 bits per heavy atom. The summed E-state index contributed by atoms with van der Waals surface area (Å²) in [6.07, 6.45) is 1.41. The fourth-order valence-corrected chi connectivity index (χ4v) is 4.02. The molecule has 0 aliphatic heterocycles. The van der Waals surface area contributed by atoms with E-state index >= 15 is 0 Å². The van der Waals surface area contributed by atoms with Crippen LogP contribution in [-0.2, 0) is 10.0 Å². The van der Waals surface area contributed by atoms with Crippen molar-refractivity contribution in [1.29, 1.82) is 0 Å². The number of fused-ring (bicyclic) bond motifs is 1. The Balaban J connectivity index is 2.42. The molecule has 2 aromatic heterocycles. The van der Waals surface area contributed by atoms with Gasteiger partial charge in [0, 0.05) is 16.1 Å². The molecule has 0 unspecified atom stereocenters. The Morgan fingerprint density at radius 2 is 1.86 bits per heavy atom. The van der Waals surface area contributed by atoms with Crippen molar-refractivity contribution in [3.63, 3.8) is 0 Å². The minimum absolute atomic E-state index is 0.00299. The minimum atomic E-state index is -4.06. The second-order valence-corrected chi connectivity index (χ2v) is 7.09. The molecule has 112 valence electrons.